The fraction of sp³-hybridized carbons (Fsp3) is 0.600. The summed E-state index contributed by atoms with van der Waals surface area (Å²) in [5, 5.41) is 28.8. The first-order chi connectivity index (χ1) is 13.9. The number of aliphatic hydroxyl groups is 2. The normalized spacial score (nSPS) is 18.3. The van der Waals surface area contributed by atoms with E-state index in [4.69, 9.17) is 16.6 Å². The summed E-state index contributed by atoms with van der Waals surface area (Å²) in [6, 6.07) is 1.72. The zero-order chi connectivity index (χ0) is 21.7. The Kier molecular flexibility index (Phi) is 11.2. The molecule has 0 saturated carbocycles. The van der Waals surface area contributed by atoms with Crippen LogP contribution in [-0.4, -0.2) is 76.6 Å². The molecule has 1 aliphatic heterocycles. The number of nitrogens with two attached hydrogens (primary N) is 2. The third kappa shape index (κ3) is 7.98. The van der Waals surface area contributed by atoms with Crippen LogP contribution in [0.5, 0.6) is 0 Å². The SMILES string of the molecule is CCNCCO.CC\C=C(C(=C/N)/C(N)=N/c1ccn[nH]1)\C1(O)CCN(C)CC1. The molecule has 0 amide bonds. The van der Waals surface area contributed by atoms with E-state index in [0.717, 1.165) is 38.2 Å². The Labute approximate surface area is 173 Å². The van der Waals surface area contributed by atoms with Crippen LogP contribution < -0.4 is 16.8 Å². The standard InChI is InChI=1S/C16H26N6O.C4H11NO/c1-3-4-13(16(23)6-9-22(2)10-7-16)12(11-17)15(18)20-14-5-8-19-21-14;1-2-5-3-4-6/h4-5,8,11,23H,3,6-7,9-10,17H2,1-2H3,(H3,18,19,20,21);5-6H,2-4H2,1H3/b12-11-,13-4+;. The molecule has 0 aliphatic carbocycles. The fourth-order valence-electron chi connectivity index (χ4n) is 3.08. The second-order valence-corrected chi connectivity index (χ2v) is 6.96. The second kappa shape index (κ2) is 13.1. The number of rotatable bonds is 8. The molecule has 0 radical (unpaired) electrons. The maximum atomic E-state index is 11.1. The predicted molar refractivity (Wildman–Crippen MR) is 118 cm³/mol. The number of aromatic amines is 1. The summed E-state index contributed by atoms with van der Waals surface area (Å²) in [4.78, 5) is 6.50. The van der Waals surface area contributed by atoms with Crippen molar-refractivity contribution in [1.82, 2.24) is 20.4 Å². The van der Waals surface area contributed by atoms with Gasteiger partial charge in [-0.3, -0.25) is 5.10 Å². The van der Waals surface area contributed by atoms with Gasteiger partial charge in [0.1, 0.15) is 11.7 Å². The molecule has 8 N–H and O–H groups in total. The van der Waals surface area contributed by atoms with Crippen LogP contribution in [0.3, 0.4) is 0 Å². The van der Waals surface area contributed by atoms with Crippen molar-refractivity contribution in [3.05, 3.63) is 35.7 Å². The summed E-state index contributed by atoms with van der Waals surface area (Å²) in [6.45, 7) is 7.59. The topological polar surface area (TPSA) is 149 Å². The first-order valence-corrected chi connectivity index (χ1v) is 10.1. The first-order valence-electron chi connectivity index (χ1n) is 10.1. The van der Waals surface area contributed by atoms with Gasteiger partial charge in [0.05, 0.1) is 18.4 Å². The monoisotopic (exact) mass is 407 g/mol. The minimum Gasteiger partial charge on any atom is -0.404 e. The van der Waals surface area contributed by atoms with Gasteiger partial charge in [-0.1, -0.05) is 19.9 Å². The number of aliphatic imine (C=N–C) groups is 1. The Morgan fingerprint density at radius 1 is 1.41 bits per heavy atom. The van der Waals surface area contributed by atoms with Crippen LogP contribution in [-0.2, 0) is 0 Å². The van der Waals surface area contributed by atoms with Gasteiger partial charge in [-0.25, -0.2) is 4.99 Å². The summed E-state index contributed by atoms with van der Waals surface area (Å²) in [5.74, 6) is 0.817. The molecule has 9 nitrogen and oxygen atoms in total. The van der Waals surface area contributed by atoms with E-state index < -0.39 is 5.60 Å². The van der Waals surface area contributed by atoms with E-state index in [1.807, 2.05) is 19.9 Å². The van der Waals surface area contributed by atoms with Crippen molar-refractivity contribution in [3.8, 4) is 0 Å². The summed E-state index contributed by atoms with van der Waals surface area (Å²) in [5.41, 5.74) is 12.4. The number of aromatic nitrogens is 2. The molecule has 1 aromatic rings. The molecule has 0 unspecified atom stereocenters. The minimum atomic E-state index is -0.929. The van der Waals surface area contributed by atoms with E-state index in [-0.39, 0.29) is 12.4 Å². The summed E-state index contributed by atoms with van der Waals surface area (Å²) >= 11 is 0. The highest BCUT2D eigenvalue weighted by Crippen LogP contribution is 2.34. The van der Waals surface area contributed by atoms with Gasteiger partial charge >= 0.3 is 0 Å². The van der Waals surface area contributed by atoms with Crippen LogP contribution in [0.25, 0.3) is 0 Å². The minimum absolute atomic E-state index is 0.244. The van der Waals surface area contributed by atoms with Crippen LogP contribution in [0.2, 0.25) is 0 Å². The Morgan fingerprint density at radius 2 is 2.10 bits per heavy atom. The quantitative estimate of drug-likeness (QED) is 0.160. The van der Waals surface area contributed by atoms with Crippen molar-refractivity contribution in [2.75, 3.05) is 39.8 Å². The van der Waals surface area contributed by atoms with Crippen LogP contribution >= 0.6 is 0 Å². The molecule has 1 aromatic heterocycles. The van der Waals surface area contributed by atoms with Gasteiger partial charge in [-0.15, -0.1) is 0 Å². The molecule has 164 valence electrons. The summed E-state index contributed by atoms with van der Waals surface area (Å²) in [6.07, 6.45) is 7.08. The number of aliphatic hydroxyl groups excluding tert-OH is 1. The Bertz CT molecular complexity index is 656. The van der Waals surface area contributed by atoms with Crippen molar-refractivity contribution in [2.45, 2.75) is 38.7 Å². The van der Waals surface area contributed by atoms with Gasteiger partial charge in [0, 0.05) is 37.5 Å². The number of hydrogen-bond acceptors (Lipinski definition) is 7. The fourth-order valence-corrected chi connectivity index (χ4v) is 3.08. The van der Waals surface area contributed by atoms with Crippen molar-refractivity contribution in [3.63, 3.8) is 0 Å². The van der Waals surface area contributed by atoms with Gasteiger partial charge in [0.25, 0.3) is 0 Å². The average Bonchev–Trinajstić information content (AvgIpc) is 3.22. The van der Waals surface area contributed by atoms with Gasteiger partial charge < -0.3 is 31.9 Å². The molecule has 0 bridgehead atoms. The highest BCUT2D eigenvalue weighted by molar-refractivity contribution is 6.02. The molecule has 1 fully saturated rings. The number of amidine groups is 1. The molecule has 0 atom stereocenters. The molecular formula is C20H37N7O2. The lowest BCUT2D eigenvalue weighted by Crippen LogP contribution is -2.45. The van der Waals surface area contributed by atoms with Crippen molar-refractivity contribution in [2.24, 2.45) is 16.5 Å². The lowest BCUT2D eigenvalue weighted by molar-refractivity contribution is 0.0184. The largest absolute Gasteiger partial charge is 0.404 e. The summed E-state index contributed by atoms with van der Waals surface area (Å²) < 4.78 is 0. The zero-order valence-electron chi connectivity index (χ0n) is 17.9. The molecule has 29 heavy (non-hydrogen) atoms. The molecule has 0 spiro atoms. The van der Waals surface area contributed by atoms with E-state index in [1.54, 1.807) is 12.3 Å². The van der Waals surface area contributed by atoms with E-state index in [9.17, 15) is 5.11 Å². The number of allylic oxidation sites excluding steroid dienone is 1. The Morgan fingerprint density at radius 3 is 2.55 bits per heavy atom. The van der Waals surface area contributed by atoms with E-state index >= 15 is 0 Å². The smallest absolute Gasteiger partial charge is 0.150 e. The van der Waals surface area contributed by atoms with Crippen LogP contribution in [0.15, 0.2) is 40.7 Å². The zero-order valence-corrected chi connectivity index (χ0v) is 17.9. The number of hydrogen-bond donors (Lipinski definition) is 6. The first kappa shape index (κ1) is 24.8. The highest BCUT2D eigenvalue weighted by Gasteiger charge is 2.37. The van der Waals surface area contributed by atoms with E-state index in [1.165, 1.54) is 6.20 Å². The number of likely N-dealkylation sites (N-methyl/N-ethyl adjacent to an activating group) is 1. The third-order valence-electron chi connectivity index (χ3n) is 4.72. The number of likely N-dealkylation sites (tertiary alicyclic amines) is 1. The molecule has 1 aliphatic rings. The Balaban J connectivity index is 0.000000612. The van der Waals surface area contributed by atoms with Crippen molar-refractivity contribution < 1.29 is 10.2 Å². The van der Waals surface area contributed by atoms with Crippen molar-refractivity contribution in [1.29, 1.82) is 0 Å². The van der Waals surface area contributed by atoms with Crippen LogP contribution in [0.1, 0.15) is 33.1 Å². The number of H-pyrrole nitrogens is 1. The lowest BCUT2D eigenvalue weighted by atomic mass is 9.79. The van der Waals surface area contributed by atoms with E-state index in [2.05, 4.69) is 32.5 Å². The van der Waals surface area contributed by atoms with Gasteiger partial charge in [0.15, 0.2) is 0 Å². The molecule has 0 aromatic carbocycles. The molecular weight excluding hydrogens is 370 g/mol. The number of piperidine rings is 1. The van der Waals surface area contributed by atoms with Gasteiger partial charge in [-0.2, -0.15) is 5.10 Å². The third-order valence-corrected chi connectivity index (χ3v) is 4.72. The maximum absolute atomic E-state index is 11.1. The highest BCUT2D eigenvalue weighted by atomic mass is 16.3. The van der Waals surface area contributed by atoms with Crippen LogP contribution in [0, 0.1) is 0 Å². The molecule has 1 saturated heterocycles. The van der Waals surface area contributed by atoms with Crippen molar-refractivity contribution >= 4 is 11.7 Å². The van der Waals surface area contributed by atoms with Gasteiger partial charge in [-0.05, 0) is 38.4 Å². The second-order valence-electron chi connectivity index (χ2n) is 6.96. The Hall–Kier alpha value is -2.20. The van der Waals surface area contributed by atoms with Gasteiger partial charge in [0.2, 0.25) is 0 Å². The number of nitrogens with zero attached hydrogens (tertiary/aromatic N) is 3. The lowest BCUT2D eigenvalue weighted by Gasteiger charge is -2.39. The van der Waals surface area contributed by atoms with Crippen LogP contribution in [0.4, 0.5) is 5.82 Å². The maximum Gasteiger partial charge on any atom is 0.150 e. The van der Waals surface area contributed by atoms with E-state index in [0.29, 0.717) is 24.2 Å². The predicted octanol–water partition coefficient (Wildman–Crippen LogP) is 0.622. The molecule has 2 heterocycles. The summed E-state index contributed by atoms with van der Waals surface area (Å²) in [7, 11) is 2.05. The molecule has 9 heteroatoms. The molecule has 2 rings (SSSR count). The number of nitrogens with one attached hydrogen (secondary N) is 2. The average molecular weight is 408 g/mol.